The van der Waals surface area contributed by atoms with Crippen molar-refractivity contribution >= 4 is 22.9 Å². The topological polar surface area (TPSA) is 92.7 Å². The van der Waals surface area contributed by atoms with Gasteiger partial charge < -0.3 is 9.52 Å². The van der Waals surface area contributed by atoms with E-state index in [0.717, 1.165) is 10.8 Å². The summed E-state index contributed by atoms with van der Waals surface area (Å²) in [4.78, 5) is 12.2. The highest BCUT2D eigenvalue weighted by Gasteiger charge is 2.11. The fraction of sp³-hybridized carbons (Fsp3) is 0.0500. The molecule has 0 aliphatic heterocycles. The minimum atomic E-state index is -0.474. The fourth-order valence-corrected chi connectivity index (χ4v) is 2.77. The lowest BCUT2D eigenvalue weighted by atomic mass is 10.0. The molecule has 0 aliphatic rings. The monoisotopic (exact) mass is 360 g/mol. The molecule has 2 N–H and O–H groups in total. The lowest BCUT2D eigenvalue weighted by Crippen LogP contribution is -2.16. The number of rotatable bonds is 5. The third-order valence-corrected chi connectivity index (χ3v) is 4.07. The average molecular weight is 360 g/mol. The van der Waals surface area contributed by atoms with Crippen LogP contribution >= 0.6 is 0 Å². The van der Waals surface area contributed by atoms with Crippen LogP contribution in [0.2, 0.25) is 0 Å². The molecule has 2 aromatic heterocycles. The number of carbonyl (C=O) groups is 1. The number of nitrogens with one attached hydrogen (secondary N) is 1. The predicted octanol–water partition coefficient (Wildman–Crippen LogP) is 3.15. The van der Waals surface area contributed by atoms with Crippen LogP contribution in [-0.4, -0.2) is 27.0 Å². The maximum atomic E-state index is 12.2. The smallest absolute Gasteiger partial charge is 0.307 e. The second-order valence-electron chi connectivity index (χ2n) is 5.89. The molecule has 7 heteroatoms. The van der Waals surface area contributed by atoms with Gasteiger partial charge in [-0.3, -0.25) is 9.48 Å². The summed E-state index contributed by atoms with van der Waals surface area (Å²) in [5.74, 6) is 0.375. The van der Waals surface area contributed by atoms with Gasteiger partial charge in [0.15, 0.2) is 5.76 Å². The van der Waals surface area contributed by atoms with E-state index in [-0.39, 0.29) is 11.5 Å². The van der Waals surface area contributed by atoms with E-state index in [1.54, 1.807) is 29.1 Å². The van der Waals surface area contributed by atoms with Crippen LogP contribution in [-0.2, 0) is 6.54 Å². The fourth-order valence-electron chi connectivity index (χ4n) is 2.77. The summed E-state index contributed by atoms with van der Waals surface area (Å²) in [6, 6.07) is 16.1. The summed E-state index contributed by atoms with van der Waals surface area (Å²) in [5, 5.41) is 19.9. The first-order valence-electron chi connectivity index (χ1n) is 8.31. The molecule has 0 fully saturated rings. The molecule has 1 amide bonds. The standard InChI is InChI=1S/C20H16N4O3/c25-18-8-6-14-4-1-2-5-16(14)17(18)12-21-23-20(26)19-9-7-15(27-19)13-24-11-3-10-22-24/h1-12,25H,13H2,(H,23,26)/b21-12-. The summed E-state index contributed by atoms with van der Waals surface area (Å²) >= 11 is 0. The van der Waals surface area contributed by atoms with E-state index in [0.29, 0.717) is 17.9 Å². The molecule has 134 valence electrons. The molecule has 0 saturated carbocycles. The number of phenols is 1. The normalized spacial score (nSPS) is 11.3. The van der Waals surface area contributed by atoms with Crippen molar-refractivity contribution in [2.24, 2.45) is 5.10 Å². The van der Waals surface area contributed by atoms with E-state index < -0.39 is 5.91 Å². The molecule has 2 heterocycles. The van der Waals surface area contributed by atoms with Crippen molar-refractivity contribution in [2.75, 3.05) is 0 Å². The SMILES string of the molecule is O=C(N/N=C\c1c(O)ccc2ccccc12)c1ccc(Cn2cccn2)o1. The van der Waals surface area contributed by atoms with Gasteiger partial charge in [-0.2, -0.15) is 10.2 Å². The molecule has 4 rings (SSSR count). The second kappa shape index (κ2) is 7.17. The number of aromatic hydroxyl groups is 1. The number of amides is 1. The number of aromatic nitrogens is 2. The number of hydrogen-bond acceptors (Lipinski definition) is 5. The van der Waals surface area contributed by atoms with Gasteiger partial charge in [0.25, 0.3) is 0 Å². The number of hydrogen-bond donors (Lipinski definition) is 2. The second-order valence-corrected chi connectivity index (χ2v) is 5.89. The first-order valence-corrected chi connectivity index (χ1v) is 8.31. The van der Waals surface area contributed by atoms with Gasteiger partial charge in [0.1, 0.15) is 11.5 Å². The molecule has 0 aliphatic carbocycles. The molecule has 0 bridgehead atoms. The van der Waals surface area contributed by atoms with Crippen molar-refractivity contribution in [1.29, 1.82) is 0 Å². The number of nitrogens with zero attached hydrogens (tertiary/aromatic N) is 3. The highest BCUT2D eigenvalue weighted by Crippen LogP contribution is 2.25. The minimum Gasteiger partial charge on any atom is -0.507 e. The molecule has 7 nitrogen and oxygen atoms in total. The molecule has 0 unspecified atom stereocenters. The summed E-state index contributed by atoms with van der Waals surface area (Å²) in [6.07, 6.45) is 4.90. The quantitative estimate of drug-likeness (QED) is 0.422. The van der Waals surface area contributed by atoms with Gasteiger partial charge in [-0.15, -0.1) is 0 Å². The van der Waals surface area contributed by atoms with Gasteiger partial charge in [0.2, 0.25) is 0 Å². The van der Waals surface area contributed by atoms with Crippen molar-refractivity contribution in [3.05, 3.63) is 84.1 Å². The molecular formula is C20H16N4O3. The first-order chi connectivity index (χ1) is 13.2. The van der Waals surface area contributed by atoms with Crippen LogP contribution in [0.1, 0.15) is 21.9 Å². The van der Waals surface area contributed by atoms with Crippen molar-refractivity contribution in [3.63, 3.8) is 0 Å². The molecule has 0 saturated heterocycles. The summed E-state index contributed by atoms with van der Waals surface area (Å²) in [7, 11) is 0. The average Bonchev–Trinajstić information content (AvgIpc) is 3.36. The Kier molecular flexibility index (Phi) is 4.40. The molecular weight excluding hydrogens is 344 g/mol. The predicted molar refractivity (Wildman–Crippen MR) is 101 cm³/mol. The minimum absolute atomic E-state index is 0.0891. The number of phenolic OH excluding ortho intramolecular Hbond substituents is 1. The van der Waals surface area contributed by atoms with Crippen LogP contribution in [0.25, 0.3) is 10.8 Å². The van der Waals surface area contributed by atoms with E-state index in [4.69, 9.17) is 4.42 Å². The van der Waals surface area contributed by atoms with Gasteiger partial charge in [0, 0.05) is 18.0 Å². The molecule has 27 heavy (non-hydrogen) atoms. The zero-order valence-corrected chi connectivity index (χ0v) is 14.2. The third-order valence-electron chi connectivity index (χ3n) is 4.07. The van der Waals surface area contributed by atoms with Gasteiger partial charge in [-0.1, -0.05) is 30.3 Å². The third kappa shape index (κ3) is 3.57. The van der Waals surface area contributed by atoms with Crippen LogP contribution in [0, 0.1) is 0 Å². The van der Waals surface area contributed by atoms with Crippen LogP contribution in [0.15, 0.2) is 76.5 Å². The Morgan fingerprint density at radius 2 is 2.07 bits per heavy atom. The lowest BCUT2D eigenvalue weighted by Gasteiger charge is -2.04. The largest absolute Gasteiger partial charge is 0.507 e. The first kappa shape index (κ1) is 16.6. The van der Waals surface area contributed by atoms with Crippen LogP contribution < -0.4 is 5.43 Å². The Morgan fingerprint density at radius 1 is 1.19 bits per heavy atom. The Bertz CT molecular complexity index is 1110. The number of hydrazone groups is 1. The van der Waals surface area contributed by atoms with Crippen LogP contribution in [0.3, 0.4) is 0 Å². The number of benzene rings is 2. The molecule has 0 atom stereocenters. The van der Waals surface area contributed by atoms with Gasteiger partial charge in [-0.05, 0) is 35.0 Å². The zero-order chi connectivity index (χ0) is 18.6. The number of furan rings is 1. The van der Waals surface area contributed by atoms with E-state index >= 15 is 0 Å². The maximum absolute atomic E-state index is 12.2. The highest BCUT2D eigenvalue weighted by atomic mass is 16.4. The van der Waals surface area contributed by atoms with Crippen LogP contribution in [0.4, 0.5) is 0 Å². The Morgan fingerprint density at radius 3 is 2.93 bits per heavy atom. The van der Waals surface area contributed by atoms with Crippen molar-refractivity contribution in [3.8, 4) is 5.75 Å². The Hall–Kier alpha value is -3.87. The lowest BCUT2D eigenvalue weighted by molar-refractivity contribution is 0.0925. The highest BCUT2D eigenvalue weighted by molar-refractivity contribution is 6.02. The van der Waals surface area contributed by atoms with Crippen LogP contribution in [0.5, 0.6) is 5.75 Å². The Balaban J connectivity index is 1.47. The maximum Gasteiger partial charge on any atom is 0.307 e. The number of carbonyl (C=O) groups excluding carboxylic acids is 1. The number of fused-ring (bicyclic) bond motifs is 1. The molecule has 0 radical (unpaired) electrons. The zero-order valence-electron chi connectivity index (χ0n) is 14.2. The van der Waals surface area contributed by atoms with Crippen molar-refractivity contribution < 1.29 is 14.3 Å². The molecule has 2 aromatic carbocycles. The van der Waals surface area contributed by atoms with E-state index in [1.165, 1.54) is 6.21 Å². The Labute approximate surface area is 154 Å². The molecule has 0 spiro atoms. The van der Waals surface area contributed by atoms with Gasteiger partial charge in [-0.25, -0.2) is 5.43 Å². The van der Waals surface area contributed by atoms with E-state index in [9.17, 15) is 9.90 Å². The van der Waals surface area contributed by atoms with Crippen molar-refractivity contribution in [1.82, 2.24) is 15.2 Å². The van der Waals surface area contributed by atoms with Gasteiger partial charge in [0.05, 0.1) is 12.8 Å². The van der Waals surface area contributed by atoms with Crippen molar-refractivity contribution in [2.45, 2.75) is 6.54 Å². The summed E-state index contributed by atoms with van der Waals surface area (Å²) in [5.41, 5.74) is 2.95. The van der Waals surface area contributed by atoms with E-state index in [1.807, 2.05) is 42.6 Å². The molecule has 4 aromatic rings. The van der Waals surface area contributed by atoms with E-state index in [2.05, 4.69) is 15.6 Å². The summed E-state index contributed by atoms with van der Waals surface area (Å²) < 4.78 is 7.22. The van der Waals surface area contributed by atoms with Gasteiger partial charge >= 0.3 is 5.91 Å². The summed E-state index contributed by atoms with van der Waals surface area (Å²) in [6.45, 7) is 0.438.